The molecular formula is C16H27NO3S. The molecular weight excluding hydrogens is 286 g/mol. The SMILES string of the molecule is CCCNC(c1cccc(OCC)c1)C(C)(C)S(C)(=O)=O. The first-order chi connectivity index (χ1) is 9.74. The first-order valence-corrected chi connectivity index (χ1v) is 9.29. The number of rotatable bonds is 8. The van der Waals surface area contributed by atoms with Gasteiger partial charge in [0.15, 0.2) is 9.84 Å². The number of benzene rings is 1. The van der Waals surface area contributed by atoms with Gasteiger partial charge in [-0.1, -0.05) is 19.1 Å². The Hall–Kier alpha value is -1.07. The fraction of sp³-hybridized carbons (Fsp3) is 0.625. The fourth-order valence-corrected chi connectivity index (χ4v) is 2.87. The van der Waals surface area contributed by atoms with E-state index in [1.165, 1.54) is 6.26 Å². The summed E-state index contributed by atoms with van der Waals surface area (Å²) in [5.74, 6) is 0.766. The number of hydrogen-bond donors (Lipinski definition) is 1. The van der Waals surface area contributed by atoms with Gasteiger partial charge in [0.25, 0.3) is 0 Å². The zero-order valence-electron chi connectivity index (χ0n) is 13.6. The highest BCUT2D eigenvalue weighted by molar-refractivity contribution is 7.92. The third-order valence-electron chi connectivity index (χ3n) is 3.75. The Morgan fingerprint density at radius 1 is 1.29 bits per heavy atom. The van der Waals surface area contributed by atoms with E-state index in [9.17, 15) is 8.42 Å². The van der Waals surface area contributed by atoms with Gasteiger partial charge < -0.3 is 10.1 Å². The summed E-state index contributed by atoms with van der Waals surface area (Å²) in [6.45, 7) is 8.88. The van der Waals surface area contributed by atoms with Crippen LogP contribution in [0.15, 0.2) is 24.3 Å². The molecule has 1 N–H and O–H groups in total. The third-order valence-corrected chi connectivity index (χ3v) is 5.90. The van der Waals surface area contributed by atoms with E-state index in [0.717, 1.165) is 24.3 Å². The largest absolute Gasteiger partial charge is 0.494 e. The summed E-state index contributed by atoms with van der Waals surface area (Å²) in [6, 6.07) is 7.39. The minimum atomic E-state index is -3.21. The average molecular weight is 313 g/mol. The molecule has 0 aliphatic rings. The van der Waals surface area contributed by atoms with Gasteiger partial charge in [0.2, 0.25) is 0 Å². The van der Waals surface area contributed by atoms with Crippen molar-refractivity contribution in [2.75, 3.05) is 19.4 Å². The Morgan fingerprint density at radius 2 is 1.95 bits per heavy atom. The molecule has 0 aliphatic heterocycles. The molecule has 0 heterocycles. The molecule has 0 radical (unpaired) electrons. The van der Waals surface area contributed by atoms with Gasteiger partial charge in [-0.15, -0.1) is 0 Å². The molecule has 1 unspecified atom stereocenters. The van der Waals surface area contributed by atoms with Crippen molar-refractivity contribution in [1.82, 2.24) is 5.32 Å². The second-order valence-corrected chi connectivity index (χ2v) is 8.36. The lowest BCUT2D eigenvalue weighted by Gasteiger charge is -2.34. The number of ether oxygens (including phenoxy) is 1. The quantitative estimate of drug-likeness (QED) is 0.801. The van der Waals surface area contributed by atoms with Crippen molar-refractivity contribution in [3.05, 3.63) is 29.8 Å². The van der Waals surface area contributed by atoms with Gasteiger partial charge in [0.1, 0.15) is 5.75 Å². The molecule has 21 heavy (non-hydrogen) atoms. The topological polar surface area (TPSA) is 55.4 Å². The van der Waals surface area contributed by atoms with E-state index in [2.05, 4.69) is 12.2 Å². The van der Waals surface area contributed by atoms with Crippen molar-refractivity contribution in [3.63, 3.8) is 0 Å². The molecule has 0 bridgehead atoms. The second-order valence-electron chi connectivity index (χ2n) is 5.77. The minimum Gasteiger partial charge on any atom is -0.494 e. The molecule has 5 heteroatoms. The monoisotopic (exact) mass is 313 g/mol. The highest BCUT2D eigenvalue weighted by atomic mass is 32.2. The van der Waals surface area contributed by atoms with Crippen LogP contribution in [-0.4, -0.2) is 32.6 Å². The van der Waals surface area contributed by atoms with E-state index in [-0.39, 0.29) is 6.04 Å². The van der Waals surface area contributed by atoms with Crippen LogP contribution in [0.25, 0.3) is 0 Å². The van der Waals surface area contributed by atoms with Crippen LogP contribution < -0.4 is 10.1 Å². The first kappa shape index (κ1) is 18.0. The van der Waals surface area contributed by atoms with Gasteiger partial charge in [0.05, 0.1) is 17.4 Å². The molecule has 1 rings (SSSR count). The summed E-state index contributed by atoms with van der Waals surface area (Å²) in [5, 5.41) is 3.37. The Labute approximate surface area is 128 Å². The maximum Gasteiger partial charge on any atom is 0.154 e. The lowest BCUT2D eigenvalue weighted by molar-refractivity contribution is 0.338. The van der Waals surface area contributed by atoms with Crippen molar-refractivity contribution in [2.24, 2.45) is 0 Å². The Bertz CT molecular complexity index is 552. The molecule has 0 saturated heterocycles. The van der Waals surface area contributed by atoms with E-state index in [4.69, 9.17) is 4.74 Å². The molecule has 0 fully saturated rings. The lowest BCUT2D eigenvalue weighted by Crippen LogP contribution is -2.45. The highest BCUT2D eigenvalue weighted by Crippen LogP contribution is 2.33. The van der Waals surface area contributed by atoms with Gasteiger partial charge in [-0.3, -0.25) is 0 Å². The van der Waals surface area contributed by atoms with Crippen LogP contribution in [0.1, 0.15) is 45.7 Å². The van der Waals surface area contributed by atoms with Gasteiger partial charge in [-0.05, 0) is 51.4 Å². The highest BCUT2D eigenvalue weighted by Gasteiger charge is 2.39. The van der Waals surface area contributed by atoms with Crippen LogP contribution >= 0.6 is 0 Å². The van der Waals surface area contributed by atoms with E-state index >= 15 is 0 Å². The Morgan fingerprint density at radius 3 is 2.48 bits per heavy atom. The lowest BCUT2D eigenvalue weighted by atomic mass is 9.94. The molecule has 1 atom stereocenters. The predicted molar refractivity (Wildman–Crippen MR) is 87.6 cm³/mol. The van der Waals surface area contributed by atoms with Gasteiger partial charge in [-0.2, -0.15) is 0 Å². The second kappa shape index (κ2) is 7.27. The summed E-state index contributed by atoms with van der Waals surface area (Å²) in [5.41, 5.74) is 0.935. The summed E-state index contributed by atoms with van der Waals surface area (Å²) in [6.07, 6.45) is 2.24. The summed E-state index contributed by atoms with van der Waals surface area (Å²) < 4.78 is 29.0. The van der Waals surface area contributed by atoms with Crippen LogP contribution in [-0.2, 0) is 9.84 Å². The van der Waals surface area contributed by atoms with Crippen LogP contribution in [0.2, 0.25) is 0 Å². The van der Waals surface area contributed by atoms with Crippen molar-refractivity contribution < 1.29 is 13.2 Å². The molecule has 120 valence electrons. The molecule has 1 aromatic carbocycles. The summed E-state index contributed by atoms with van der Waals surface area (Å²) in [4.78, 5) is 0. The van der Waals surface area contributed by atoms with E-state index in [1.54, 1.807) is 13.8 Å². The van der Waals surface area contributed by atoms with Crippen LogP contribution in [0.3, 0.4) is 0 Å². The van der Waals surface area contributed by atoms with E-state index < -0.39 is 14.6 Å². The maximum atomic E-state index is 12.2. The summed E-state index contributed by atoms with van der Waals surface area (Å²) >= 11 is 0. The van der Waals surface area contributed by atoms with Crippen molar-refractivity contribution in [2.45, 2.75) is 44.9 Å². The standard InChI is InChI=1S/C16H27NO3S/c1-6-11-17-15(16(3,4)21(5,18)19)13-9-8-10-14(12-13)20-7-2/h8-10,12,15,17H,6-7,11H2,1-5H3. The van der Waals surface area contributed by atoms with E-state index in [0.29, 0.717) is 6.61 Å². The van der Waals surface area contributed by atoms with E-state index in [1.807, 2.05) is 31.2 Å². The van der Waals surface area contributed by atoms with Crippen LogP contribution in [0, 0.1) is 0 Å². The summed E-state index contributed by atoms with van der Waals surface area (Å²) in [7, 11) is -3.21. The fourth-order valence-electron chi connectivity index (χ4n) is 2.22. The van der Waals surface area contributed by atoms with Crippen molar-refractivity contribution in [3.8, 4) is 5.75 Å². The maximum absolute atomic E-state index is 12.2. The number of sulfone groups is 1. The smallest absolute Gasteiger partial charge is 0.154 e. The Kier molecular flexibility index (Phi) is 6.23. The third kappa shape index (κ3) is 4.45. The zero-order chi connectivity index (χ0) is 16.1. The average Bonchev–Trinajstić information content (AvgIpc) is 2.38. The number of nitrogens with one attached hydrogen (secondary N) is 1. The number of hydrogen-bond acceptors (Lipinski definition) is 4. The molecule has 4 nitrogen and oxygen atoms in total. The molecule has 0 aromatic heterocycles. The van der Waals surface area contributed by atoms with Crippen molar-refractivity contribution in [1.29, 1.82) is 0 Å². The van der Waals surface area contributed by atoms with Crippen LogP contribution in [0.4, 0.5) is 0 Å². The Balaban J connectivity index is 3.22. The molecule has 0 saturated carbocycles. The van der Waals surface area contributed by atoms with Gasteiger partial charge >= 0.3 is 0 Å². The molecule has 1 aromatic rings. The molecule has 0 spiro atoms. The van der Waals surface area contributed by atoms with Crippen molar-refractivity contribution >= 4 is 9.84 Å². The molecule has 0 aliphatic carbocycles. The normalized spacial score (nSPS) is 14.0. The van der Waals surface area contributed by atoms with Crippen LogP contribution in [0.5, 0.6) is 5.75 Å². The minimum absolute atomic E-state index is 0.271. The zero-order valence-corrected chi connectivity index (χ0v) is 14.5. The van der Waals surface area contributed by atoms with Gasteiger partial charge in [0, 0.05) is 6.26 Å². The predicted octanol–water partition coefficient (Wildman–Crippen LogP) is 2.95. The first-order valence-electron chi connectivity index (χ1n) is 7.39. The van der Waals surface area contributed by atoms with Gasteiger partial charge in [-0.25, -0.2) is 8.42 Å². The molecule has 0 amide bonds.